The van der Waals surface area contributed by atoms with E-state index in [1.807, 2.05) is 30.3 Å². The van der Waals surface area contributed by atoms with Gasteiger partial charge >= 0.3 is 0 Å². The summed E-state index contributed by atoms with van der Waals surface area (Å²) < 4.78 is 28.3. The first kappa shape index (κ1) is 24.0. The van der Waals surface area contributed by atoms with Gasteiger partial charge < -0.3 is 9.88 Å². The monoisotopic (exact) mass is 523 g/mol. The van der Waals surface area contributed by atoms with Crippen molar-refractivity contribution in [2.24, 2.45) is 0 Å². The first-order valence-corrected chi connectivity index (χ1v) is 13.5. The van der Waals surface area contributed by atoms with E-state index in [0.717, 1.165) is 11.8 Å². The molecule has 184 valence electrons. The van der Waals surface area contributed by atoms with Crippen molar-refractivity contribution in [1.82, 2.24) is 19.2 Å². The zero-order valence-corrected chi connectivity index (χ0v) is 20.5. The molecule has 0 bridgehead atoms. The number of carbonyl (C=O) groups excluding carboxylic acids is 1. The number of hydrogen-bond donors (Lipinski definition) is 1. The molecule has 1 saturated heterocycles. The van der Waals surface area contributed by atoms with Crippen LogP contribution >= 0.6 is 11.8 Å². The van der Waals surface area contributed by atoms with Crippen molar-refractivity contribution in [1.29, 1.82) is 0 Å². The summed E-state index contributed by atoms with van der Waals surface area (Å²) in [5.74, 6) is -0.226. The van der Waals surface area contributed by atoms with E-state index in [-0.39, 0.29) is 35.3 Å². The second kappa shape index (κ2) is 9.72. The van der Waals surface area contributed by atoms with Gasteiger partial charge in [0.2, 0.25) is 15.9 Å². The highest BCUT2D eigenvalue weighted by Gasteiger charge is 2.43. The van der Waals surface area contributed by atoms with Crippen LogP contribution in [0.1, 0.15) is 11.7 Å². The number of rotatable bonds is 7. The maximum absolute atomic E-state index is 13.5. The highest BCUT2D eigenvalue weighted by Crippen LogP contribution is 2.35. The molecule has 1 aliphatic heterocycles. The molecule has 1 aliphatic rings. The molecule has 0 radical (unpaired) electrons. The SMILES string of the molecule is O=C(CSc1nc2ccc([N+](=O)[O-])cc2[nH]1)N1CCN(S(=O)(=O)c2ccccc2)[C@H]1c1ccccc1. The summed E-state index contributed by atoms with van der Waals surface area (Å²) in [5.41, 5.74) is 1.70. The van der Waals surface area contributed by atoms with Crippen molar-refractivity contribution >= 4 is 44.4 Å². The summed E-state index contributed by atoms with van der Waals surface area (Å²) in [6.07, 6.45) is -0.775. The zero-order chi connectivity index (χ0) is 25.3. The van der Waals surface area contributed by atoms with Crippen LogP contribution in [0.3, 0.4) is 0 Å². The zero-order valence-electron chi connectivity index (χ0n) is 18.9. The Morgan fingerprint density at radius 2 is 1.75 bits per heavy atom. The molecule has 0 unspecified atom stereocenters. The molecule has 1 fully saturated rings. The van der Waals surface area contributed by atoms with Crippen molar-refractivity contribution in [3.63, 3.8) is 0 Å². The van der Waals surface area contributed by atoms with Crippen LogP contribution in [0.4, 0.5) is 5.69 Å². The van der Waals surface area contributed by atoms with E-state index in [4.69, 9.17) is 0 Å². The molecule has 1 amide bonds. The molecule has 1 N–H and O–H groups in total. The van der Waals surface area contributed by atoms with Crippen molar-refractivity contribution in [2.75, 3.05) is 18.8 Å². The van der Waals surface area contributed by atoms with Gasteiger partial charge in [0.25, 0.3) is 5.69 Å². The molecule has 12 heteroatoms. The number of sulfonamides is 1. The van der Waals surface area contributed by atoms with Crippen LogP contribution in [0.2, 0.25) is 0 Å². The van der Waals surface area contributed by atoms with Gasteiger partial charge in [0, 0.05) is 25.2 Å². The number of aromatic amines is 1. The summed E-state index contributed by atoms with van der Waals surface area (Å²) >= 11 is 1.16. The highest BCUT2D eigenvalue weighted by molar-refractivity contribution is 7.99. The van der Waals surface area contributed by atoms with E-state index in [2.05, 4.69) is 9.97 Å². The van der Waals surface area contributed by atoms with E-state index < -0.39 is 21.1 Å². The number of nitrogens with one attached hydrogen (secondary N) is 1. The molecule has 0 spiro atoms. The fourth-order valence-electron chi connectivity index (χ4n) is 4.19. The molecule has 10 nitrogen and oxygen atoms in total. The highest BCUT2D eigenvalue weighted by atomic mass is 32.2. The van der Waals surface area contributed by atoms with E-state index in [0.29, 0.717) is 21.8 Å². The molecular formula is C24H21N5O5S2. The van der Waals surface area contributed by atoms with Gasteiger partial charge in [0.05, 0.1) is 26.6 Å². The van der Waals surface area contributed by atoms with Gasteiger partial charge in [-0.1, -0.05) is 60.3 Å². The molecule has 0 aliphatic carbocycles. The lowest BCUT2D eigenvalue weighted by Gasteiger charge is -2.30. The van der Waals surface area contributed by atoms with Gasteiger partial charge in [-0.05, 0) is 23.8 Å². The van der Waals surface area contributed by atoms with Crippen molar-refractivity contribution < 1.29 is 18.1 Å². The van der Waals surface area contributed by atoms with Gasteiger partial charge in [-0.2, -0.15) is 4.31 Å². The number of non-ortho nitro benzene ring substituents is 1. The van der Waals surface area contributed by atoms with Crippen LogP contribution < -0.4 is 0 Å². The van der Waals surface area contributed by atoms with Gasteiger partial charge in [-0.3, -0.25) is 14.9 Å². The number of hydrogen-bond acceptors (Lipinski definition) is 7. The Labute approximate surface area is 211 Å². The van der Waals surface area contributed by atoms with Crippen LogP contribution in [-0.4, -0.2) is 57.3 Å². The van der Waals surface area contributed by atoms with Gasteiger partial charge in [-0.25, -0.2) is 13.4 Å². The Kier molecular flexibility index (Phi) is 6.48. The number of fused-ring (bicyclic) bond motifs is 1. The van der Waals surface area contributed by atoms with Gasteiger partial charge in [0.1, 0.15) is 6.17 Å². The predicted octanol–water partition coefficient (Wildman–Crippen LogP) is 3.80. The average molecular weight is 524 g/mol. The van der Waals surface area contributed by atoms with Gasteiger partial charge in [-0.15, -0.1) is 0 Å². The van der Waals surface area contributed by atoms with E-state index in [1.165, 1.54) is 16.4 Å². The summed E-state index contributed by atoms with van der Waals surface area (Å²) in [4.78, 5) is 33.0. The number of nitro benzene ring substituents is 1. The third kappa shape index (κ3) is 4.57. The molecule has 5 rings (SSSR count). The van der Waals surface area contributed by atoms with Crippen LogP contribution in [0.5, 0.6) is 0 Å². The summed E-state index contributed by atoms with van der Waals surface area (Å²) in [5, 5.41) is 11.5. The second-order valence-electron chi connectivity index (χ2n) is 8.09. The van der Waals surface area contributed by atoms with Crippen molar-refractivity contribution in [2.45, 2.75) is 16.2 Å². The number of aromatic nitrogens is 2. The van der Waals surface area contributed by atoms with Crippen molar-refractivity contribution in [3.8, 4) is 0 Å². The minimum Gasteiger partial charge on any atom is -0.333 e. The maximum atomic E-state index is 13.5. The molecule has 4 aromatic rings. The summed E-state index contributed by atoms with van der Waals surface area (Å²) in [6, 6.07) is 21.6. The Bertz CT molecular complexity index is 1530. The molecular weight excluding hydrogens is 502 g/mol. The number of amides is 1. The Morgan fingerprint density at radius 1 is 1.06 bits per heavy atom. The third-order valence-corrected chi connectivity index (χ3v) is 8.61. The smallest absolute Gasteiger partial charge is 0.271 e. The quantitative estimate of drug-likeness (QED) is 0.222. The third-order valence-electron chi connectivity index (χ3n) is 5.88. The Hall–Kier alpha value is -3.74. The van der Waals surface area contributed by atoms with Crippen LogP contribution in [-0.2, 0) is 14.8 Å². The summed E-state index contributed by atoms with van der Waals surface area (Å²) in [7, 11) is -3.84. The molecule has 3 aromatic carbocycles. The lowest BCUT2D eigenvalue weighted by molar-refractivity contribution is -0.384. The minimum absolute atomic E-state index is 0.0183. The number of thioether (sulfide) groups is 1. The fourth-order valence-corrected chi connectivity index (χ4v) is 6.55. The first-order valence-electron chi connectivity index (χ1n) is 11.0. The number of benzene rings is 3. The lowest BCUT2D eigenvalue weighted by Crippen LogP contribution is -2.38. The minimum atomic E-state index is -3.84. The average Bonchev–Trinajstić information content (AvgIpc) is 3.52. The standard InChI is InChI=1S/C24H21N5O5S2/c30-22(16-35-24-25-20-12-11-18(29(31)32)15-21(20)26-24)27-13-14-28(23(27)17-7-3-1-4-8-17)36(33,34)19-9-5-2-6-10-19/h1-12,15,23H,13-14,16H2,(H,25,26)/t23-/m0/s1. The largest absolute Gasteiger partial charge is 0.333 e. The summed E-state index contributed by atoms with van der Waals surface area (Å²) in [6.45, 7) is 0.416. The maximum Gasteiger partial charge on any atom is 0.271 e. The number of imidazole rings is 1. The Balaban J connectivity index is 1.38. The molecule has 1 atom stereocenters. The van der Waals surface area contributed by atoms with Crippen LogP contribution in [0, 0.1) is 10.1 Å². The number of carbonyl (C=O) groups is 1. The Morgan fingerprint density at radius 3 is 2.44 bits per heavy atom. The second-order valence-corrected chi connectivity index (χ2v) is 10.9. The molecule has 36 heavy (non-hydrogen) atoms. The molecule has 1 aromatic heterocycles. The van der Waals surface area contributed by atoms with Crippen molar-refractivity contribution in [3.05, 3.63) is 94.5 Å². The number of nitrogens with zero attached hydrogens (tertiary/aromatic N) is 4. The number of nitro groups is 1. The number of H-pyrrole nitrogens is 1. The first-order chi connectivity index (χ1) is 17.3. The molecule has 2 heterocycles. The predicted molar refractivity (Wildman–Crippen MR) is 135 cm³/mol. The molecule has 0 saturated carbocycles. The van der Waals surface area contributed by atoms with Crippen LogP contribution in [0.25, 0.3) is 11.0 Å². The fraction of sp³-hybridized carbons (Fsp3) is 0.167. The topological polar surface area (TPSA) is 130 Å². The van der Waals surface area contributed by atoms with E-state index in [9.17, 15) is 23.3 Å². The lowest BCUT2D eigenvalue weighted by atomic mass is 10.1. The van der Waals surface area contributed by atoms with E-state index >= 15 is 0 Å². The normalized spacial score (nSPS) is 16.4. The van der Waals surface area contributed by atoms with Crippen LogP contribution in [0.15, 0.2) is 88.9 Å². The van der Waals surface area contributed by atoms with E-state index in [1.54, 1.807) is 41.3 Å². The van der Waals surface area contributed by atoms with Gasteiger partial charge in [0.15, 0.2) is 5.16 Å².